The van der Waals surface area contributed by atoms with E-state index in [1.165, 1.54) is 7.11 Å². The third-order valence-electron chi connectivity index (χ3n) is 6.55. The molecule has 7 heteroatoms. The van der Waals surface area contributed by atoms with Crippen LogP contribution in [-0.4, -0.2) is 55.3 Å². The molecule has 2 fully saturated rings. The second-order valence-electron chi connectivity index (χ2n) is 8.91. The fourth-order valence-corrected chi connectivity index (χ4v) is 3.93. The summed E-state index contributed by atoms with van der Waals surface area (Å²) in [4.78, 5) is 26.2. The standard InChI is InChI=1S/C20H26BNO5/c1-18(2)19(3,4)27-21(26-18)13-6-7-14-15(10-13)20(8-9-20)12-22(17(14)24)11-16(23)25-5/h6-7,10H,8-9,11-12H2,1-5H3. The number of nitrogens with zero attached hydrogens (tertiary/aromatic N) is 1. The number of ether oxygens (including phenoxy) is 1. The molecule has 0 bridgehead atoms. The Balaban J connectivity index is 1.66. The van der Waals surface area contributed by atoms with Crippen molar-refractivity contribution < 1.29 is 23.6 Å². The number of rotatable bonds is 3. The van der Waals surface area contributed by atoms with Gasteiger partial charge < -0.3 is 18.9 Å². The lowest BCUT2D eigenvalue weighted by molar-refractivity contribution is -0.141. The van der Waals surface area contributed by atoms with Gasteiger partial charge in [0.05, 0.1) is 18.3 Å². The third-order valence-corrected chi connectivity index (χ3v) is 6.55. The minimum absolute atomic E-state index is 0.00446. The average molecular weight is 371 g/mol. The summed E-state index contributed by atoms with van der Waals surface area (Å²) in [5.74, 6) is -0.509. The zero-order valence-corrected chi connectivity index (χ0v) is 16.6. The molecule has 6 nitrogen and oxygen atoms in total. The van der Waals surface area contributed by atoms with Crippen molar-refractivity contribution in [3.63, 3.8) is 0 Å². The van der Waals surface area contributed by atoms with E-state index in [9.17, 15) is 9.59 Å². The van der Waals surface area contributed by atoms with Crippen LogP contribution in [0.1, 0.15) is 56.5 Å². The van der Waals surface area contributed by atoms with Crippen LogP contribution in [0.15, 0.2) is 18.2 Å². The highest BCUT2D eigenvalue weighted by atomic mass is 16.7. The maximum absolute atomic E-state index is 12.9. The van der Waals surface area contributed by atoms with Gasteiger partial charge in [-0.15, -0.1) is 0 Å². The lowest BCUT2D eigenvalue weighted by Crippen LogP contribution is -2.47. The number of fused-ring (bicyclic) bond motifs is 2. The SMILES string of the molecule is COC(=O)CN1CC2(CC2)c2cc(B3OC(C)(C)C(C)(C)O3)ccc2C1=O. The van der Waals surface area contributed by atoms with Crippen molar-refractivity contribution in [2.24, 2.45) is 0 Å². The van der Waals surface area contributed by atoms with Crippen LogP contribution in [0.4, 0.5) is 0 Å². The van der Waals surface area contributed by atoms with Crippen molar-refractivity contribution in [1.29, 1.82) is 0 Å². The molecule has 1 aromatic carbocycles. The number of carbonyl (C=O) groups excluding carboxylic acids is 2. The van der Waals surface area contributed by atoms with Gasteiger partial charge in [-0.25, -0.2) is 0 Å². The summed E-state index contributed by atoms with van der Waals surface area (Å²) in [6.45, 7) is 8.67. The van der Waals surface area contributed by atoms with Crippen LogP contribution in [0.5, 0.6) is 0 Å². The Morgan fingerprint density at radius 1 is 1.19 bits per heavy atom. The first kappa shape index (κ1) is 18.5. The monoisotopic (exact) mass is 371 g/mol. The van der Waals surface area contributed by atoms with Crippen molar-refractivity contribution in [1.82, 2.24) is 4.90 Å². The van der Waals surface area contributed by atoms with E-state index >= 15 is 0 Å². The maximum atomic E-state index is 12.9. The smallest absolute Gasteiger partial charge is 0.468 e. The van der Waals surface area contributed by atoms with Crippen molar-refractivity contribution in [3.8, 4) is 0 Å². The van der Waals surface area contributed by atoms with E-state index in [0.29, 0.717) is 12.1 Å². The number of methoxy groups -OCH3 is 1. The highest BCUT2D eigenvalue weighted by Crippen LogP contribution is 2.52. The second kappa shape index (κ2) is 5.82. The molecule has 1 saturated heterocycles. The molecule has 2 aliphatic heterocycles. The molecule has 144 valence electrons. The van der Waals surface area contributed by atoms with Gasteiger partial charge in [0.1, 0.15) is 6.54 Å². The van der Waals surface area contributed by atoms with E-state index in [1.807, 2.05) is 39.8 Å². The quantitative estimate of drug-likeness (QED) is 0.597. The molecule has 1 aromatic rings. The minimum atomic E-state index is -0.445. The Morgan fingerprint density at radius 3 is 2.37 bits per heavy atom. The first-order valence-electron chi connectivity index (χ1n) is 9.45. The molecule has 1 spiro atoms. The van der Waals surface area contributed by atoms with Crippen molar-refractivity contribution >= 4 is 24.5 Å². The van der Waals surface area contributed by atoms with Crippen molar-refractivity contribution in [2.75, 3.05) is 20.2 Å². The minimum Gasteiger partial charge on any atom is -0.468 e. The predicted octanol–water partition coefficient (Wildman–Crippen LogP) is 1.65. The van der Waals surface area contributed by atoms with Crippen molar-refractivity contribution in [3.05, 3.63) is 29.3 Å². The van der Waals surface area contributed by atoms with E-state index in [1.54, 1.807) is 4.90 Å². The molecule has 4 rings (SSSR count). The van der Waals surface area contributed by atoms with E-state index in [2.05, 4.69) is 6.07 Å². The number of amides is 1. The Bertz CT molecular complexity index is 799. The summed E-state index contributed by atoms with van der Waals surface area (Å²) in [7, 11) is 0.897. The lowest BCUT2D eigenvalue weighted by Gasteiger charge is -2.34. The molecule has 0 aromatic heterocycles. The summed E-state index contributed by atoms with van der Waals surface area (Å²) in [6, 6.07) is 5.82. The van der Waals surface area contributed by atoms with Crippen LogP contribution in [0.25, 0.3) is 0 Å². The molecule has 2 heterocycles. The molecular weight excluding hydrogens is 345 g/mol. The fraction of sp³-hybridized carbons (Fsp3) is 0.600. The van der Waals surface area contributed by atoms with Gasteiger partial charge in [0.25, 0.3) is 5.91 Å². The highest BCUT2D eigenvalue weighted by Gasteiger charge is 2.54. The Kier molecular flexibility index (Phi) is 3.99. The molecular formula is C20H26BNO5. The third kappa shape index (κ3) is 2.88. The Labute approximate surface area is 160 Å². The van der Waals surface area contributed by atoms with E-state index in [0.717, 1.165) is 23.9 Å². The maximum Gasteiger partial charge on any atom is 0.494 e. The topological polar surface area (TPSA) is 65.1 Å². The Morgan fingerprint density at radius 2 is 1.81 bits per heavy atom. The largest absolute Gasteiger partial charge is 0.494 e. The van der Waals surface area contributed by atoms with Crippen LogP contribution in [0.3, 0.4) is 0 Å². The summed E-state index contributed by atoms with van der Waals surface area (Å²) in [5.41, 5.74) is 1.80. The van der Waals surface area contributed by atoms with Crippen LogP contribution >= 0.6 is 0 Å². The van der Waals surface area contributed by atoms with Crippen LogP contribution < -0.4 is 5.46 Å². The Hall–Kier alpha value is -1.86. The predicted molar refractivity (Wildman–Crippen MR) is 101 cm³/mol. The van der Waals surface area contributed by atoms with Gasteiger partial charge >= 0.3 is 13.1 Å². The van der Waals surface area contributed by atoms with Gasteiger partial charge in [0, 0.05) is 17.5 Å². The van der Waals surface area contributed by atoms with Crippen LogP contribution in [-0.2, 0) is 24.3 Å². The average Bonchev–Trinajstić information content (AvgIpc) is 3.33. The van der Waals surface area contributed by atoms with Gasteiger partial charge in [-0.05, 0) is 57.6 Å². The van der Waals surface area contributed by atoms with E-state index in [-0.39, 0.29) is 17.9 Å². The lowest BCUT2D eigenvalue weighted by atomic mass is 9.74. The molecule has 0 atom stereocenters. The first-order valence-corrected chi connectivity index (χ1v) is 9.45. The molecule has 27 heavy (non-hydrogen) atoms. The van der Waals surface area contributed by atoms with Gasteiger partial charge in [0.2, 0.25) is 0 Å². The number of hydrogen-bond donors (Lipinski definition) is 0. The number of hydrogen-bond acceptors (Lipinski definition) is 5. The molecule has 1 aliphatic carbocycles. The molecule has 3 aliphatic rings. The molecule has 0 radical (unpaired) electrons. The van der Waals surface area contributed by atoms with Crippen LogP contribution in [0, 0.1) is 0 Å². The van der Waals surface area contributed by atoms with Crippen LogP contribution in [0.2, 0.25) is 0 Å². The normalized spacial score (nSPS) is 24.1. The zero-order valence-electron chi connectivity index (χ0n) is 16.6. The van der Waals surface area contributed by atoms with E-state index < -0.39 is 24.3 Å². The van der Waals surface area contributed by atoms with Gasteiger partial charge in [-0.3, -0.25) is 9.59 Å². The summed E-state index contributed by atoms with van der Waals surface area (Å²) < 4.78 is 17.1. The zero-order chi connectivity index (χ0) is 19.6. The van der Waals surface area contributed by atoms with Gasteiger partial charge in [0.15, 0.2) is 0 Å². The number of benzene rings is 1. The molecule has 1 saturated carbocycles. The second-order valence-corrected chi connectivity index (χ2v) is 8.91. The molecule has 0 N–H and O–H groups in total. The number of esters is 1. The summed E-state index contributed by atoms with van der Waals surface area (Å²) in [6.07, 6.45) is 2.02. The van der Waals surface area contributed by atoms with E-state index in [4.69, 9.17) is 14.0 Å². The highest BCUT2D eigenvalue weighted by molar-refractivity contribution is 6.62. The number of carbonyl (C=O) groups is 2. The fourth-order valence-electron chi connectivity index (χ4n) is 3.93. The first-order chi connectivity index (χ1) is 12.6. The molecule has 1 amide bonds. The van der Waals surface area contributed by atoms with Crippen molar-refractivity contribution in [2.45, 2.75) is 57.2 Å². The summed E-state index contributed by atoms with van der Waals surface area (Å²) in [5, 5.41) is 0. The van der Waals surface area contributed by atoms with Gasteiger partial charge in [-0.2, -0.15) is 0 Å². The molecule has 0 unspecified atom stereocenters. The summed E-state index contributed by atoms with van der Waals surface area (Å²) >= 11 is 0. The van der Waals surface area contributed by atoms with Gasteiger partial charge in [-0.1, -0.05) is 12.1 Å².